The number of benzene rings is 2. The molecular weight excluding hydrogens is 342 g/mol. The van der Waals surface area contributed by atoms with Crippen LogP contribution in [-0.2, 0) is 4.79 Å². The van der Waals surface area contributed by atoms with E-state index in [0.717, 1.165) is 5.69 Å². The summed E-state index contributed by atoms with van der Waals surface area (Å²) < 4.78 is 0. The van der Waals surface area contributed by atoms with Gasteiger partial charge in [-0.05, 0) is 42.0 Å². The van der Waals surface area contributed by atoms with Gasteiger partial charge in [0.1, 0.15) is 0 Å². The molecule has 3 aromatic rings. The van der Waals surface area contributed by atoms with Crippen molar-refractivity contribution >= 4 is 28.9 Å². The molecule has 0 radical (unpaired) electrons. The molecule has 1 aromatic heterocycles. The van der Waals surface area contributed by atoms with Crippen molar-refractivity contribution in [3.63, 3.8) is 0 Å². The molecule has 2 heterocycles. The number of amides is 1. The zero-order chi connectivity index (χ0) is 19.0. The third-order valence-corrected chi connectivity index (χ3v) is 4.42. The van der Waals surface area contributed by atoms with Crippen molar-refractivity contribution in [3.8, 4) is 23.6 Å². The number of aromatic nitrogens is 1. The third-order valence-electron chi connectivity index (χ3n) is 4.42. The van der Waals surface area contributed by atoms with E-state index in [4.69, 9.17) is 6.42 Å². The molecule has 0 spiro atoms. The number of nitrogens with zero attached hydrogens (tertiary/aromatic N) is 2. The third kappa shape index (κ3) is 2.68. The second-order valence-corrected chi connectivity index (χ2v) is 5.96. The molecule has 0 fully saturated rings. The van der Waals surface area contributed by atoms with Crippen molar-refractivity contribution in [1.82, 2.24) is 4.98 Å². The van der Waals surface area contributed by atoms with Gasteiger partial charge in [0.15, 0.2) is 0 Å². The monoisotopic (exact) mass is 355 g/mol. The lowest BCUT2D eigenvalue weighted by Gasteiger charge is -2.09. The zero-order valence-electron chi connectivity index (χ0n) is 14.0. The summed E-state index contributed by atoms with van der Waals surface area (Å²) in [4.78, 5) is 27.9. The van der Waals surface area contributed by atoms with E-state index >= 15 is 0 Å². The van der Waals surface area contributed by atoms with Crippen LogP contribution in [-0.4, -0.2) is 15.8 Å². The van der Waals surface area contributed by atoms with Crippen molar-refractivity contribution in [2.75, 3.05) is 4.90 Å². The summed E-state index contributed by atoms with van der Waals surface area (Å²) in [5.41, 5.74) is 3.56. The van der Waals surface area contributed by atoms with E-state index < -0.39 is 4.92 Å². The van der Waals surface area contributed by atoms with E-state index in [1.165, 1.54) is 11.0 Å². The summed E-state index contributed by atoms with van der Waals surface area (Å²) >= 11 is 0. The van der Waals surface area contributed by atoms with Gasteiger partial charge < -0.3 is 4.98 Å². The van der Waals surface area contributed by atoms with Crippen LogP contribution in [0.4, 0.5) is 11.4 Å². The molecule has 1 N–H and O–H groups in total. The molecule has 0 aliphatic carbocycles. The second kappa shape index (κ2) is 6.32. The Hall–Kier alpha value is -4.11. The lowest BCUT2D eigenvalue weighted by atomic mass is 9.98. The number of rotatable bonds is 3. The maximum absolute atomic E-state index is 12.7. The van der Waals surface area contributed by atoms with Gasteiger partial charge in [-0.15, -0.1) is 0 Å². The van der Waals surface area contributed by atoms with Crippen molar-refractivity contribution in [2.45, 2.75) is 0 Å². The van der Waals surface area contributed by atoms with E-state index in [1.807, 2.05) is 12.1 Å². The van der Waals surface area contributed by atoms with Gasteiger partial charge in [0.25, 0.3) is 11.6 Å². The number of anilines is 1. The molecule has 2 aromatic carbocycles. The molecule has 1 aliphatic heterocycles. The topological polar surface area (TPSA) is 79.2 Å². The molecule has 0 atom stereocenters. The van der Waals surface area contributed by atoms with Crippen molar-refractivity contribution in [3.05, 3.63) is 82.2 Å². The highest BCUT2D eigenvalue weighted by Gasteiger charge is 2.32. The predicted octanol–water partition coefficient (Wildman–Crippen LogP) is 4.07. The number of nitrogens with one attached hydrogen (secondary N) is 1. The van der Waals surface area contributed by atoms with Gasteiger partial charge in [-0.25, -0.2) is 4.90 Å². The normalized spacial score (nSPS) is 14.3. The van der Waals surface area contributed by atoms with Crippen LogP contribution in [0.1, 0.15) is 11.3 Å². The second-order valence-electron chi connectivity index (χ2n) is 5.96. The smallest absolute Gasteiger partial charge is 0.277 e. The Morgan fingerprint density at radius 3 is 2.63 bits per heavy atom. The minimum Gasteiger partial charge on any atom is -0.362 e. The van der Waals surface area contributed by atoms with Crippen LogP contribution in [0.5, 0.6) is 0 Å². The van der Waals surface area contributed by atoms with Crippen LogP contribution in [0, 0.1) is 22.6 Å². The van der Waals surface area contributed by atoms with Gasteiger partial charge >= 0.3 is 0 Å². The average molecular weight is 355 g/mol. The van der Waals surface area contributed by atoms with Crippen LogP contribution in [0.15, 0.2) is 60.8 Å². The molecule has 0 bridgehead atoms. The summed E-state index contributed by atoms with van der Waals surface area (Å²) in [6.07, 6.45) is 9.00. The van der Waals surface area contributed by atoms with Gasteiger partial charge in [0.2, 0.25) is 0 Å². The van der Waals surface area contributed by atoms with Gasteiger partial charge in [0, 0.05) is 29.6 Å². The molecule has 130 valence electrons. The summed E-state index contributed by atoms with van der Waals surface area (Å²) in [5.74, 6) is -0.304. The van der Waals surface area contributed by atoms with Crippen molar-refractivity contribution in [1.29, 1.82) is 0 Å². The van der Waals surface area contributed by atoms with Gasteiger partial charge in [-0.3, -0.25) is 14.9 Å². The largest absolute Gasteiger partial charge is 0.362 e. The quantitative estimate of drug-likeness (QED) is 0.333. The molecule has 27 heavy (non-hydrogen) atoms. The molecule has 0 saturated carbocycles. The van der Waals surface area contributed by atoms with E-state index in [1.54, 1.807) is 48.7 Å². The van der Waals surface area contributed by atoms with Crippen LogP contribution in [0.25, 0.3) is 22.8 Å². The Morgan fingerprint density at radius 2 is 1.93 bits per heavy atom. The number of terminal acetylenes is 1. The predicted molar refractivity (Wildman–Crippen MR) is 104 cm³/mol. The maximum Gasteiger partial charge on any atom is 0.277 e. The van der Waals surface area contributed by atoms with E-state index in [9.17, 15) is 14.9 Å². The fraction of sp³-hybridized carbons (Fsp3) is 0. The van der Waals surface area contributed by atoms with Crippen LogP contribution < -0.4 is 4.90 Å². The first-order valence-electron chi connectivity index (χ1n) is 8.14. The number of carbonyl (C=O) groups excluding carboxylic acids is 1. The number of aromatic amines is 1. The molecule has 6 heteroatoms. The first-order chi connectivity index (χ1) is 13.1. The van der Waals surface area contributed by atoms with Crippen LogP contribution >= 0.6 is 0 Å². The van der Waals surface area contributed by atoms with Gasteiger partial charge in [0.05, 0.1) is 21.7 Å². The molecule has 1 aliphatic rings. The minimum atomic E-state index is -0.420. The molecule has 4 rings (SSSR count). The molecule has 6 nitrogen and oxygen atoms in total. The Kier molecular flexibility index (Phi) is 3.83. The van der Waals surface area contributed by atoms with Crippen LogP contribution in [0.3, 0.4) is 0 Å². The van der Waals surface area contributed by atoms with E-state index in [-0.39, 0.29) is 11.6 Å². The highest BCUT2D eigenvalue weighted by Crippen LogP contribution is 2.41. The van der Waals surface area contributed by atoms with Crippen molar-refractivity contribution in [2.24, 2.45) is 0 Å². The fourth-order valence-electron chi connectivity index (χ4n) is 3.19. The summed E-state index contributed by atoms with van der Waals surface area (Å²) in [6.45, 7) is 0. The lowest BCUT2D eigenvalue weighted by Crippen LogP contribution is -2.19. The average Bonchev–Trinajstić information content (AvgIpc) is 3.28. The van der Waals surface area contributed by atoms with E-state index in [2.05, 4.69) is 11.0 Å². The number of para-hydroxylation sites is 1. The minimum absolute atomic E-state index is 0.00507. The summed E-state index contributed by atoms with van der Waals surface area (Å²) in [6, 6.07) is 17.8. The Morgan fingerprint density at radius 1 is 1.11 bits per heavy atom. The number of hydrogen-bond donors (Lipinski definition) is 1. The van der Waals surface area contributed by atoms with Gasteiger partial charge in [-0.1, -0.05) is 24.6 Å². The number of carbonyl (C=O) groups is 1. The molecular formula is C21H13N3O3. The summed E-state index contributed by atoms with van der Waals surface area (Å²) in [7, 11) is 0. The Bertz CT molecular complexity index is 1140. The van der Waals surface area contributed by atoms with Gasteiger partial charge in [-0.2, -0.15) is 0 Å². The highest BCUT2D eigenvalue weighted by atomic mass is 16.6. The standard InChI is InChI=1S/C21H13N3O3/c1-2-23-19-10-9-14(16-7-3-4-8-20(16)24(26)27)12-17(19)18(21(23)25)13-15-6-5-11-22-15/h1,3-13,22H/b18-13-. The number of fused-ring (bicyclic) bond motifs is 1. The number of H-pyrrole nitrogens is 1. The molecule has 1 amide bonds. The highest BCUT2D eigenvalue weighted by molar-refractivity contribution is 6.37. The fourth-order valence-corrected chi connectivity index (χ4v) is 3.19. The lowest BCUT2D eigenvalue weighted by molar-refractivity contribution is -0.384. The zero-order valence-corrected chi connectivity index (χ0v) is 14.0. The van der Waals surface area contributed by atoms with Crippen LogP contribution in [0.2, 0.25) is 0 Å². The summed E-state index contributed by atoms with van der Waals surface area (Å²) in [5, 5.41) is 11.4. The molecule has 0 saturated heterocycles. The molecule has 0 unspecified atom stereocenters. The first-order valence-corrected chi connectivity index (χ1v) is 8.14. The number of hydrogen-bond acceptors (Lipinski definition) is 3. The van der Waals surface area contributed by atoms with E-state index in [0.29, 0.717) is 28.0 Å². The maximum atomic E-state index is 12.7. The Labute approximate surface area is 154 Å². The Balaban J connectivity index is 1.91. The SMILES string of the molecule is C#CN1C(=O)/C(=C\c2ccc[nH]2)c2cc(-c3ccccc3[N+](=O)[O-])ccc21. The first kappa shape index (κ1) is 16.4. The number of nitro groups is 1. The van der Waals surface area contributed by atoms with Crippen molar-refractivity contribution < 1.29 is 9.72 Å². The number of nitro benzene ring substituents is 1.